The predicted octanol–water partition coefficient (Wildman–Crippen LogP) is 0.339. The van der Waals surface area contributed by atoms with Gasteiger partial charge in [0.2, 0.25) is 0 Å². The van der Waals surface area contributed by atoms with Gasteiger partial charge in [0.15, 0.2) is 0 Å². The van der Waals surface area contributed by atoms with Crippen LogP contribution in [0.3, 0.4) is 0 Å². The van der Waals surface area contributed by atoms with Gasteiger partial charge in [0.25, 0.3) is 11.8 Å². The monoisotopic (exact) mass is 397 g/mol. The van der Waals surface area contributed by atoms with Crippen LogP contribution < -0.4 is 11.1 Å². The van der Waals surface area contributed by atoms with Crippen LogP contribution >= 0.6 is 0 Å². The first kappa shape index (κ1) is 21.7. The highest BCUT2D eigenvalue weighted by Crippen LogP contribution is 2.21. The topological polar surface area (TPSA) is 120 Å². The first-order valence-corrected chi connectivity index (χ1v) is 8.90. The molecule has 1 heterocycles. The number of carbonyl (C=O) groups excluding carboxylic acids is 3. The molecule has 0 aliphatic carbocycles. The lowest BCUT2D eigenvalue weighted by atomic mass is 10.1. The van der Waals surface area contributed by atoms with Gasteiger partial charge in [0, 0.05) is 13.1 Å². The van der Waals surface area contributed by atoms with Crippen molar-refractivity contribution in [3.63, 3.8) is 0 Å². The highest BCUT2D eigenvalue weighted by molar-refractivity contribution is 6.21. The van der Waals surface area contributed by atoms with E-state index in [1.807, 2.05) is 0 Å². The number of ether oxygens (including phenoxy) is 3. The number of imide groups is 1. The van der Waals surface area contributed by atoms with Crippen molar-refractivity contribution in [1.29, 1.82) is 0 Å². The lowest BCUT2D eigenvalue weighted by molar-refractivity contribution is 0.0461. The summed E-state index contributed by atoms with van der Waals surface area (Å²) >= 11 is 0. The lowest BCUT2D eigenvalue weighted by Crippen LogP contribution is -2.34. The van der Waals surface area contributed by atoms with Gasteiger partial charge in [0.05, 0.1) is 44.1 Å². The molecule has 28 heavy (non-hydrogen) atoms. The summed E-state index contributed by atoms with van der Waals surface area (Å²) in [5.41, 5.74) is 5.88. The molecule has 0 saturated carbocycles. The number of alkyl halides is 1. The summed E-state index contributed by atoms with van der Waals surface area (Å²) in [5, 5.41) is 2.47. The number of alkyl carbamates (subject to hydrolysis) is 1. The van der Waals surface area contributed by atoms with Gasteiger partial charge in [-0.25, -0.2) is 9.18 Å². The smallest absolute Gasteiger partial charge is 0.407 e. The first-order chi connectivity index (χ1) is 13.5. The molecule has 3 amide bonds. The third-order valence-electron chi connectivity index (χ3n) is 3.87. The summed E-state index contributed by atoms with van der Waals surface area (Å²) in [6, 6.07) is 6.65. The average Bonchev–Trinajstić information content (AvgIpc) is 2.95. The van der Waals surface area contributed by atoms with E-state index in [0.29, 0.717) is 11.1 Å². The maximum Gasteiger partial charge on any atom is 0.407 e. The normalized spacial score (nSPS) is 14.1. The highest BCUT2D eigenvalue weighted by atomic mass is 19.1. The van der Waals surface area contributed by atoms with Crippen LogP contribution in [0.2, 0.25) is 0 Å². The number of hydrogen-bond donors (Lipinski definition) is 2. The molecular formula is C18H24FN3O6. The molecule has 1 aromatic rings. The van der Waals surface area contributed by atoms with Crippen molar-refractivity contribution in [2.24, 2.45) is 5.73 Å². The zero-order chi connectivity index (χ0) is 20.4. The Morgan fingerprint density at radius 3 is 2.39 bits per heavy atom. The van der Waals surface area contributed by atoms with Gasteiger partial charge in [-0.15, -0.1) is 0 Å². The Labute approximate surface area is 161 Å². The third-order valence-corrected chi connectivity index (χ3v) is 3.87. The Balaban J connectivity index is 1.50. The number of halogens is 1. The molecule has 0 fully saturated rings. The maximum atomic E-state index is 12.8. The third kappa shape index (κ3) is 6.25. The summed E-state index contributed by atoms with van der Waals surface area (Å²) in [4.78, 5) is 36.9. The van der Waals surface area contributed by atoms with Crippen LogP contribution in [-0.2, 0) is 14.2 Å². The SMILES string of the molecule is NCC(F)COCCOC(=O)NCCOCCN1C(=O)c2ccccc2C1=O. The van der Waals surface area contributed by atoms with Gasteiger partial charge in [-0.05, 0) is 12.1 Å². The van der Waals surface area contributed by atoms with Crippen molar-refractivity contribution in [2.45, 2.75) is 6.17 Å². The zero-order valence-electron chi connectivity index (χ0n) is 15.4. The van der Waals surface area contributed by atoms with Crippen LogP contribution in [0.4, 0.5) is 9.18 Å². The van der Waals surface area contributed by atoms with Gasteiger partial charge >= 0.3 is 6.09 Å². The second kappa shape index (κ2) is 11.3. The molecule has 0 radical (unpaired) electrons. The van der Waals surface area contributed by atoms with Gasteiger partial charge in [0.1, 0.15) is 12.8 Å². The van der Waals surface area contributed by atoms with Crippen LogP contribution in [0, 0.1) is 0 Å². The number of nitrogens with two attached hydrogens (primary N) is 1. The molecule has 9 nitrogen and oxygen atoms in total. The molecule has 3 N–H and O–H groups in total. The number of nitrogens with zero attached hydrogens (tertiary/aromatic N) is 1. The fourth-order valence-corrected chi connectivity index (χ4v) is 2.45. The highest BCUT2D eigenvalue weighted by Gasteiger charge is 2.34. The van der Waals surface area contributed by atoms with E-state index < -0.39 is 12.3 Å². The van der Waals surface area contributed by atoms with Crippen molar-refractivity contribution in [1.82, 2.24) is 10.2 Å². The Morgan fingerprint density at radius 1 is 1.07 bits per heavy atom. The molecule has 10 heteroatoms. The number of nitrogens with one attached hydrogen (secondary N) is 1. The summed E-state index contributed by atoms with van der Waals surface area (Å²) in [6.07, 6.45) is -1.88. The van der Waals surface area contributed by atoms with E-state index in [1.54, 1.807) is 24.3 Å². The van der Waals surface area contributed by atoms with Crippen LogP contribution in [-0.4, -0.2) is 81.6 Å². The number of fused-ring (bicyclic) bond motifs is 1. The molecule has 1 aliphatic heterocycles. The molecule has 1 atom stereocenters. The summed E-state index contributed by atoms with van der Waals surface area (Å²) < 4.78 is 27.9. The molecular weight excluding hydrogens is 373 g/mol. The summed E-state index contributed by atoms with van der Waals surface area (Å²) in [6.45, 7) is 0.482. The molecule has 2 rings (SSSR count). The van der Waals surface area contributed by atoms with Crippen LogP contribution in [0.15, 0.2) is 24.3 Å². The maximum absolute atomic E-state index is 12.8. The summed E-state index contributed by atoms with van der Waals surface area (Å²) in [5.74, 6) is -0.669. The van der Waals surface area contributed by atoms with E-state index in [0.717, 1.165) is 4.90 Å². The van der Waals surface area contributed by atoms with Crippen molar-refractivity contribution in [2.75, 3.05) is 52.7 Å². The Hall–Kier alpha value is -2.56. The molecule has 1 aliphatic rings. The molecule has 0 aromatic heterocycles. The molecule has 0 bridgehead atoms. The minimum atomic E-state index is -1.23. The van der Waals surface area contributed by atoms with Crippen molar-refractivity contribution >= 4 is 17.9 Å². The molecule has 1 aromatic carbocycles. The first-order valence-electron chi connectivity index (χ1n) is 8.90. The van der Waals surface area contributed by atoms with E-state index in [1.165, 1.54) is 0 Å². The quantitative estimate of drug-likeness (QED) is 0.385. The molecule has 0 spiro atoms. The van der Waals surface area contributed by atoms with Gasteiger partial charge < -0.3 is 25.3 Å². The standard InChI is InChI=1S/C18H24FN3O6/c19-13(11-20)12-27-9-10-28-18(25)21-5-7-26-8-6-22-16(23)14-3-1-2-4-15(14)17(22)24/h1-4,13H,5-12,20H2,(H,21,25). The second-order valence-electron chi connectivity index (χ2n) is 5.89. The van der Waals surface area contributed by atoms with Crippen molar-refractivity contribution in [3.05, 3.63) is 35.4 Å². The minimum Gasteiger partial charge on any atom is -0.447 e. The number of carbonyl (C=O) groups is 3. The van der Waals surface area contributed by atoms with Crippen LogP contribution in [0.25, 0.3) is 0 Å². The minimum absolute atomic E-state index is 0.0102. The van der Waals surface area contributed by atoms with E-state index in [-0.39, 0.29) is 64.5 Å². The van der Waals surface area contributed by atoms with Gasteiger partial charge in [-0.2, -0.15) is 0 Å². The predicted molar refractivity (Wildman–Crippen MR) is 96.7 cm³/mol. The Kier molecular flexibility index (Phi) is 8.79. The zero-order valence-corrected chi connectivity index (χ0v) is 15.4. The fraction of sp³-hybridized carbons (Fsp3) is 0.500. The van der Waals surface area contributed by atoms with E-state index in [9.17, 15) is 18.8 Å². The number of hydrogen-bond acceptors (Lipinski definition) is 7. The van der Waals surface area contributed by atoms with Crippen molar-refractivity contribution in [3.8, 4) is 0 Å². The van der Waals surface area contributed by atoms with Crippen molar-refractivity contribution < 1.29 is 33.0 Å². The number of benzene rings is 1. The Morgan fingerprint density at radius 2 is 1.75 bits per heavy atom. The van der Waals surface area contributed by atoms with E-state index in [2.05, 4.69) is 5.32 Å². The second-order valence-corrected chi connectivity index (χ2v) is 5.89. The average molecular weight is 397 g/mol. The summed E-state index contributed by atoms with van der Waals surface area (Å²) in [7, 11) is 0. The van der Waals surface area contributed by atoms with Gasteiger partial charge in [-0.3, -0.25) is 14.5 Å². The van der Waals surface area contributed by atoms with Crippen LogP contribution in [0.5, 0.6) is 0 Å². The Bertz CT molecular complexity index is 652. The van der Waals surface area contributed by atoms with Crippen LogP contribution in [0.1, 0.15) is 20.7 Å². The van der Waals surface area contributed by atoms with E-state index >= 15 is 0 Å². The molecule has 154 valence electrons. The lowest BCUT2D eigenvalue weighted by Gasteiger charge is -2.14. The van der Waals surface area contributed by atoms with E-state index in [4.69, 9.17) is 19.9 Å². The largest absolute Gasteiger partial charge is 0.447 e. The number of amides is 3. The fourth-order valence-electron chi connectivity index (χ4n) is 2.45. The number of rotatable bonds is 12. The molecule has 0 saturated heterocycles. The molecule has 1 unspecified atom stereocenters. The van der Waals surface area contributed by atoms with Gasteiger partial charge in [-0.1, -0.05) is 12.1 Å².